The summed E-state index contributed by atoms with van der Waals surface area (Å²) < 4.78 is 28.9. The minimum Gasteiger partial charge on any atom is -0.207 e. The molecule has 1 atom stereocenters. The van der Waals surface area contributed by atoms with Crippen LogP contribution in [-0.4, -0.2) is 19.3 Å². The van der Waals surface area contributed by atoms with Crippen molar-refractivity contribution in [1.29, 1.82) is 0 Å². The highest BCUT2D eigenvalue weighted by Gasteiger charge is 2.35. The minimum absolute atomic E-state index is 0.0350. The minimum atomic E-state index is -3.50. The van der Waals surface area contributed by atoms with E-state index in [1.54, 1.807) is 15.6 Å². The Labute approximate surface area is 155 Å². The second-order valence-corrected chi connectivity index (χ2v) is 10.3. The Kier molecular flexibility index (Phi) is 5.37. The van der Waals surface area contributed by atoms with E-state index in [1.807, 2.05) is 32.9 Å². The summed E-state index contributed by atoms with van der Waals surface area (Å²) >= 11 is 1.72. The molecule has 1 fully saturated rings. The zero-order chi connectivity index (χ0) is 18.2. The highest BCUT2D eigenvalue weighted by atomic mass is 32.2. The third kappa shape index (κ3) is 3.69. The number of rotatable bonds is 3. The van der Waals surface area contributed by atoms with Gasteiger partial charge in [-0.2, -0.15) is 4.31 Å². The first kappa shape index (κ1) is 18.6. The predicted octanol–water partition coefficient (Wildman–Crippen LogP) is 5.29. The molecule has 1 aromatic heterocycles. The Balaban J connectivity index is 2.07. The van der Waals surface area contributed by atoms with Crippen molar-refractivity contribution in [3.05, 3.63) is 50.7 Å². The van der Waals surface area contributed by atoms with Gasteiger partial charge < -0.3 is 0 Å². The van der Waals surface area contributed by atoms with Gasteiger partial charge in [0.05, 0.1) is 10.9 Å². The first-order valence-corrected chi connectivity index (χ1v) is 11.2. The Morgan fingerprint density at radius 1 is 0.960 bits per heavy atom. The van der Waals surface area contributed by atoms with Gasteiger partial charge in [-0.15, -0.1) is 11.3 Å². The van der Waals surface area contributed by atoms with Gasteiger partial charge in [-0.3, -0.25) is 0 Å². The van der Waals surface area contributed by atoms with E-state index in [9.17, 15) is 8.42 Å². The van der Waals surface area contributed by atoms with E-state index >= 15 is 0 Å². The molecule has 1 aliphatic heterocycles. The molecule has 0 radical (unpaired) electrons. The zero-order valence-electron chi connectivity index (χ0n) is 15.5. The van der Waals surface area contributed by atoms with Crippen LogP contribution in [0.4, 0.5) is 0 Å². The van der Waals surface area contributed by atoms with Crippen molar-refractivity contribution in [2.24, 2.45) is 0 Å². The topological polar surface area (TPSA) is 37.4 Å². The zero-order valence-corrected chi connectivity index (χ0v) is 17.1. The molecule has 25 heavy (non-hydrogen) atoms. The average molecular weight is 378 g/mol. The maximum absolute atomic E-state index is 13.5. The lowest BCUT2D eigenvalue weighted by molar-refractivity contribution is 0.333. The van der Waals surface area contributed by atoms with Crippen molar-refractivity contribution in [1.82, 2.24) is 4.31 Å². The summed E-state index contributed by atoms with van der Waals surface area (Å²) in [5, 5.41) is 0. The second kappa shape index (κ2) is 7.22. The molecule has 1 saturated heterocycles. The molecule has 1 aliphatic rings. The molecule has 136 valence electrons. The smallest absolute Gasteiger partial charge is 0.207 e. The van der Waals surface area contributed by atoms with Crippen molar-refractivity contribution in [3.63, 3.8) is 0 Å². The fourth-order valence-electron chi connectivity index (χ4n) is 3.62. The average Bonchev–Trinajstić information content (AvgIpc) is 2.83. The molecule has 2 heterocycles. The number of hydrogen-bond acceptors (Lipinski definition) is 3. The van der Waals surface area contributed by atoms with E-state index in [1.165, 1.54) is 9.75 Å². The van der Waals surface area contributed by atoms with Crippen LogP contribution in [0.3, 0.4) is 0 Å². The van der Waals surface area contributed by atoms with Crippen LogP contribution in [0.1, 0.15) is 58.2 Å². The summed E-state index contributed by atoms with van der Waals surface area (Å²) in [4.78, 5) is 2.87. The molecule has 2 aromatic rings. The number of aryl methyl sites for hydroxylation is 4. The maximum Gasteiger partial charge on any atom is 0.243 e. The molecule has 5 heteroatoms. The summed E-state index contributed by atoms with van der Waals surface area (Å²) in [5.74, 6) is 0. The fraction of sp³-hybridized carbons (Fsp3) is 0.500. The van der Waals surface area contributed by atoms with E-state index < -0.39 is 10.0 Å². The summed E-state index contributed by atoms with van der Waals surface area (Å²) in [6, 6.07) is 8.00. The molecule has 0 amide bonds. The van der Waals surface area contributed by atoms with Gasteiger partial charge in [0.2, 0.25) is 10.0 Å². The molecule has 0 spiro atoms. The Morgan fingerprint density at radius 2 is 1.68 bits per heavy atom. The maximum atomic E-state index is 13.5. The molecule has 3 rings (SSSR count). The van der Waals surface area contributed by atoms with Gasteiger partial charge in [-0.1, -0.05) is 18.9 Å². The summed E-state index contributed by atoms with van der Waals surface area (Å²) in [5.41, 5.74) is 3.01. The monoisotopic (exact) mass is 377 g/mol. The number of benzene rings is 1. The lowest BCUT2D eigenvalue weighted by Gasteiger charge is -2.29. The van der Waals surface area contributed by atoms with Crippen LogP contribution in [0.15, 0.2) is 29.2 Å². The standard InChI is InChI=1S/C20H27NO2S2/c1-14-12-16(3)20(13-15(14)2)25(22,23)21-11-7-5-6-8-18(21)19-10-9-17(4)24-19/h9-10,12-13,18H,5-8,11H2,1-4H3/t18-/m0/s1. The van der Waals surface area contributed by atoms with Gasteiger partial charge in [0, 0.05) is 16.3 Å². The van der Waals surface area contributed by atoms with Crippen LogP contribution < -0.4 is 0 Å². The third-order valence-corrected chi connectivity index (χ3v) is 8.32. The SMILES string of the molecule is Cc1ccc([C@@H]2CCCCCN2S(=O)(=O)c2cc(C)c(C)cc2C)s1. The van der Waals surface area contributed by atoms with Gasteiger partial charge in [0.1, 0.15) is 0 Å². The molecular weight excluding hydrogens is 350 g/mol. The first-order valence-electron chi connectivity index (χ1n) is 8.97. The third-order valence-electron chi connectivity index (χ3n) is 5.17. The lowest BCUT2D eigenvalue weighted by atomic mass is 10.1. The summed E-state index contributed by atoms with van der Waals surface area (Å²) in [6.45, 7) is 8.60. The fourth-order valence-corrected chi connectivity index (χ4v) is 6.68. The number of hydrogen-bond donors (Lipinski definition) is 0. The van der Waals surface area contributed by atoms with Crippen LogP contribution >= 0.6 is 11.3 Å². The molecule has 0 bridgehead atoms. The van der Waals surface area contributed by atoms with Crippen LogP contribution in [0.5, 0.6) is 0 Å². The molecule has 1 aromatic carbocycles. The van der Waals surface area contributed by atoms with Crippen LogP contribution in [0, 0.1) is 27.7 Å². The van der Waals surface area contributed by atoms with E-state index in [0.29, 0.717) is 11.4 Å². The van der Waals surface area contributed by atoms with Gasteiger partial charge in [-0.05, 0) is 75.4 Å². The Hall–Kier alpha value is -1.17. The molecule has 3 nitrogen and oxygen atoms in total. The van der Waals surface area contributed by atoms with Crippen LogP contribution in [-0.2, 0) is 10.0 Å². The quantitative estimate of drug-likeness (QED) is 0.729. The highest BCUT2D eigenvalue weighted by Crippen LogP contribution is 2.38. The highest BCUT2D eigenvalue weighted by molar-refractivity contribution is 7.89. The van der Waals surface area contributed by atoms with E-state index in [2.05, 4.69) is 19.1 Å². The van der Waals surface area contributed by atoms with Gasteiger partial charge in [0.25, 0.3) is 0 Å². The van der Waals surface area contributed by atoms with E-state index in [4.69, 9.17) is 0 Å². The predicted molar refractivity (Wildman–Crippen MR) is 105 cm³/mol. The molecule has 0 N–H and O–H groups in total. The molecule has 0 aliphatic carbocycles. The number of thiophene rings is 1. The van der Waals surface area contributed by atoms with Crippen molar-refractivity contribution < 1.29 is 8.42 Å². The number of nitrogens with zero attached hydrogens (tertiary/aromatic N) is 1. The Bertz CT molecular complexity index is 868. The molecular formula is C20H27NO2S2. The normalized spacial score (nSPS) is 19.8. The van der Waals surface area contributed by atoms with Gasteiger partial charge >= 0.3 is 0 Å². The largest absolute Gasteiger partial charge is 0.243 e. The molecule has 0 saturated carbocycles. The van der Waals surface area contributed by atoms with E-state index in [0.717, 1.165) is 42.4 Å². The van der Waals surface area contributed by atoms with Crippen molar-refractivity contribution in [2.75, 3.05) is 6.54 Å². The first-order chi connectivity index (χ1) is 11.8. The van der Waals surface area contributed by atoms with Gasteiger partial charge in [0.15, 0.2) is 0 Å². The van der Waals surface area contributed by atoms with Crippen LogP contribution in [0.2, 0.25) is 0 Å². The second-order valence-electron chi connectivity index (χ2n) is 7.13. The van der Waals surface area contributed by atoms with Crippen molar-refractivity contribution in [3.8, 4) is 0 Å². The summed E-state index contributed by atoms with van der Waals surface area (Å²) in [6.07, 6.45) is 4.02. The van der Waals surface area contributed by atoms with Crippen molar-refractivity contribution in [2.45, 2.75) is 64.3 Å². The van der Waals surface area contributed by atoms with E-state index in [-0.39, 0.29) is 6.04 Å². The lowest BCUT2D eigenvalue weighted by Crippen LogP contribution is -2.35. The van der Waals surface area contributed by atoms with Crippen LogP contribution in [0.25, 0.3) is 0 Å². The van der Waals surface area contributed by atoms with Crippen molar-refractivity contribution >= 4 is 21.4 Å². The Morgan fingerprint density at radius 3 is 2.36 bits per heavy atom. The number of sulfonamides is 1. The molecule has 0 unspecified atom stereocenters. The van der Waals surface area contributed by atoms with Gasteiger partial charge in [-0.25, -0.2) is 8.42 Å². The summed E-state index contributed by atoms with van der Waals surface area (Å²) in [7, 11) is -3.50.